The van der Waals surface area contributed by atoms with Crippen LogP contribution in [0.25, 0.3) is 0 Å². The smallest absolute Gasteiger partial charge is 0.334 e. The minimum atomic E-state index is -1.23. The molecule has 0 saturated heterocycles. The van der Waals surface area contributed by atoms with Gasteiger partial charge in [0.05, 0.1) is 18.6 Å². The van der Waals surface area contributed by atoms with Gasteiger partial charge < -0.3 is 39.5 Å². The van der Waals surface area contributed by atoms with Crippen molar-refractivity contribution in [2.24, 2.45) is 17.8 Å². The molecule has 0 aromatic heterocycles. The summed E-state index contributed by atoms with van der Waals surface area (Å²) < 4.78 is 18.2. The highest BCUT2D eigenvalue weighted by molar-refractivity contribution is 7.98. The summed E-state index contributed by atoms with van der Waals surface area (Å²) in [5.74, 6) is -4.88. The number of allylic oxidation sites excluding steroid dienone is 1. The first kappa shape index (κ1) is 54.4. The van der Waals surface area contributed by atoms with Crippen LogP contribution in [0.2, 0.25) is 0 Å². The van der Waals surface area contributed by atoms with E-state index in [0.717, 1.165) is 11.1 Å². The van der Waals surface area contributed by atoms with Crippen LogP contribution in [0.3, 0.4) is 0 Å². The minimum absolute atomic E-state index is 0.0618. The maximum Gasteiger partial charge on any atom is 0.334 e. The molecular formula is C47H73N5O10S. The standard InChI is InChI=1S/C47H73N5O10S/c1-15-29(5)40-45(57)51(12)34(10)47(59)62-41(30(6)16-2)32(8)37(60-27-63-14)23-22-31(7)46(58)61-38(24-28(3)4)42(54)48-33(9)43(55)52(13)36(25-35-20-18-17-19-21-35)44(56)50(11)26-39(53)49-40/h16-22,28-29,32-34,36-38,40-41H,15,23-27H2,1-14H3,(H,48,54)(H,49,53)/b30-16+,31-22+/t29?,32-,33+,34-,36-,37-,38-,40+,41-/m1/s1. The number of amides is 5. The molecule has 0 fully saturated rings. The normalized spacial score (nSPS) is 27.9. The summed E-state index contributed by atoms with van der Waals surface area (Å²) in [6.07, 6.45) is 3.86. The Balaban J connectivity index is 2.72. The zero-order chi connectivity index (χ0) is 47.7. The number of carbonyl (C=O) groups excluding carboxylic acids is 7. The van der Waals surface area contributed by atoms with Crippen molar-refractivity contribution in [3.8, 4) is 0 Å². The molecule has 2 rings (SSSR count). The van der Waals surface area contributed by atoms with E-state index in [9.17, 15) is 33.6 Å². The topological polar surface area (TPSA) is 181 Å². The first-order valence-electron chi connectivity index (χ1n) is 21.8. The number of hydrogen-bond acceptors (Lipinski definition) is 11. The summed E-state index contributed by atoms with van der Waals surface area (Å²) in [7, 11) is 4.37. The van der Waals surface area contributed by atoms with Gasteiger partial charge in [0.2, 0.25) is 23.6 Å². The van der Waals surface area contributed by atoms with Gasteiger partial charge >= 0.3 is 11.9 Å². The van der Waals surface area contributed by atoms with Crippen LogP contribution in [0.4, 0.5) is 0 Å². The number of nitrogens with zero attached hydrogens (tertiary/aromatic N) is 3. The van der Waals surface area contributed by atoms with Crippen molar-refractivity contribution in [2.75, 3.05) is 39.9 Å². The van der Waals surface area contributed by atoms with E-state index in [-0.39, 0.29) is 36.7 Å². The van der Waals surface area contributed by atoms with Gasteiger partial charge in [-0.2, -0.15) is 0 Å². The van der Waals surface area contributed by atoms with Crippen molar-refractivity contribution in [3.63, 3.8) is 0 Å². The third-order valence-electron chi connectivity index (χ3n) is 11.7. The molecule has 1 aromatic carbocycles. The highest BCUT2D eigenvalue weighted by atomic mass is 32.2. The van der Waals surface area contributed by atoms with Crippen LogP contribution < -0.4 is 10.6 Å². The summed E-state index contributed by atoms with van der Waals surface area (Å²) in [5, 5.41) is 5.51. The largest absolute Gasteiger partial charge is 0.456 e. The molecule has 2 N–H and O–H groups in total. The van der Waals surface area contributed by atoms with Gasteiger partial charge in [0.1, 0.15) is 30.3 Å². The number of thioether (sulfide) groups is 1. The molecule has 15 nitrogen and oxygen atoms in total. The van der Waals surface area contributed by atoms with Crippen LogP contribution in [-0.4, -0.2) is 139 Å². The molecule has 0 radical (unpaired) electrons. The fourth-order valence-corrected chi connectivity index (χ4v) is 7.41. The Bertz CT molecular complexity index is 1790. The second-order valence-electron chi connectivity index (χ2n) is 17.1. The van der Waals surface area contributed by atoms with Crippen LogP contribution in [0.15, 0.2) is 53.6 Å². The summed E-state index contributed by atoms with van der Waals surface area (Å²) in [6, 6.07) is 4.73. The van der Waals surface area contributed by atoms with Gasteiger partial charge in [0, 0.05) is 39.1 Å². The average molecular weight is 900 g/mol. The Kier molecular flexibility index (Phi) is 22.6. The van der Waals surface area contributed by atoms with Crippen molar-refractivity contribution in [1.82, 2.24) is 25.3 Å². The summed E-state index contributed by atoms with van der Waals surface area (Å²) >= 11 is 1.46. The van der Waals surface area contributed by atoms with E-state index in [0.29, 0.717) is 12.4 Å². The van der Waals surface area contributed by atoms with Crippen LogP contribution in [0.5, 0.6) is 0 Å². The predicted octanol–water partition coefficient (Wildman–Crippen LogP) is 4.92. The Hall–Kier alpha value is -4.70. The van der Waals surface area contributed by atoms with Crippen LogP contribution >= 0.6 is 11.8 Å². The van der Waals surface area contributed by atoms with E-state index in [1.54, 1.807) is 32.1 Å². The van der Waals surface area contributed by atoms with Gasteiger partial charge in [0.25, 0.3) is 5.91 Å². The van der Waals surface area contributed by atoms with Crippen LogP contribution in [-0.2, 0) is 54.2 Å². The number of benzene rings is 1. The van der Waals surface area contributed by atoms with Gasteiger partial charge in [-0.25, -0.2) is 9.59 Å². The van der Waals surface area contributed by atoms with Crippen molar-refractivity contribution >= 4 is 53.2 Å². The lowest BCUT2D eigenvalue weighted by atomic mass is 9.90. The molecule has 352 valence electrons. The first-order valence-corrected chi connectivity index (χ1v) is 23.2. The molecule has 5 amide bonds. The lowest BCUT2D eigenvalue weighted by Crippen LogP contribution is -2.58. The quantitative estimate of drug-likeness (QED) is 0.185. The van der Waals surface area contributed by atoms with Crippen molar-refractivity contribution < 1.29 is 47.8 Å². The maximum absolute atomic E-state index is 14.2. The second kappa shape index (κ2) is 26.2. The summed E-state index contributed by atoms with van der Waals surface area (Å²) in [4.78, 5) is 101. The fourth-order valence-electron chi connectivity index (χ4n) is 7.10. The zero-order valence-corrected chi connectivity index (χ0v) is 40.7. The van der Waals surface area contributed by atoms with E-state index in [1.807, 2.05) is 79.0 Å². The lowest BCUT2D eigenvalue weighted by Gasteiger charge is -2.35. The SMILES string of the molecule is C/C=C(\C)[C@H]1OC(=O)[C@@H](C)N(C)C(=O)[C@H](C(C)CC)NC(=O)CN(C)C(=O)[C@@H](Cc2ccccc2)N(C)C(=O)[C@H](C)NC(=O)[C@@H](CC(C)C)OC(=O)/C(C)=C/C[C@@H](OCSC)[C@H]1C. The van der Waals surface area contributed by atoms with E-state index in [4.69, 9.17) is 14.2 Å². The van der Waals surface area contributed by atoms with E-state index < -0.39 is 96.4 Å². The highest BCUT2D eigenvalue weighted by Gasteiger charge is 2.38. The molecule has 9 atom stereocenters. The number of rotatable bonds is 10. The van der Waals surface area contributed by atoms with E-state index >= 15 is 0 Å². The number of ether oxygens (including phenoxy) is 3. The molecule has 0 bridgehead atoms. The first-order chi connectivity index (χ1) is 29.6. The number of carbonyl (C=O) groups is 7. The number of esters is 2. The Labute approximate surface area is 379 Å². The van der Waals surface area contributed by atoms with Gasteiger partial charge in [-0.3, -0.25) is 24.0 Å². The number of likely N-dealkylation sites (N-methyl/N-ethyl adjacent to an activating group) is 3. The molecule has 0 aliphatic carbocycles. The molecule has 1 unspecified atom stereocenters. The molecular weight excluding hydrogens is 827 g/mol. The predicted molar refractivity (Wildman–Crippen MR) is 245 cm³/mol. The maximum atomic E-state index is 14.2. The third kappa shape index (κ3) is 16.1. The Morgan fingerprint density at radius 1 is 0.921 bits per heavy atom. The van der Waals surface area contributed by atoms with Gasteiger partial charge in [-0.15, -0.1) is 11.8 Å². The molecule has 63 heavy (non-hydrogen) atoms. The number of nitrogens with one attached hydrogen (secondary N) is 2. The van der Waals surface area contributed by atoms with E-state index in [1.165, 1.54) is 54.5 Å². The average Bonchev–Trinajstić information content (AvgIpc) is 3.26. The van der Waals surface area contributed by atoms with Crippen LogP contribution in [0, 0.1) is 17.8 Å². The molecule has 1 aliphatic rings. The Morgan fingerprint density at radius 3 is 2.13 bits per heavy atom. The van der Waals surface area contributed by atoms with Crippen molar-refractivity contribution in [1.29, 1.82) is 0 Å². The lowest BCUT2D eigenvalue weighted by molar-refractivity contribution is -0.161. The molecule has 1 aliphatic heterocycles. The van der Waals surface area contributed by atoms with Gasteiger partial charge in [-0.1, -0.05) is 83.5 Å². The zero-order valence-electron chi connectivity index (χ0n) is 39.9. The minimum Gasteiger partial charge on any atom is -0.456 e. The van der Waals surface area contributed by atoms with Gasteiger partial charge in [-0.05, 0) is 76.7 Å². The second-order valence-corrected chi connectivity index (χ2v) is 18.0. The van der Waals surface area contributed by atoms with Gasteiger partial charge in [0.15, 0.2) is 6.10 Å². The molecule has 0 saturated carbocycles. The molecule has 1 heterocycles. The molecule has 16 heteroatoms. The number of hydrogen-bond donors (Lipinski definition) is 2. The monoisotopic (exact) mass is 900 g/mol. The van der Waals surface area contributed by atoms with E-state index in [2.05, 4.69) is 10.6 Å². The third-order valence-corrected chi connectivity index (χ3v) is 12.1. The highest BCUT2D eigenvalue weighted by Crippen LogP contribution is 2.27. The van der Waals surface area contributed by atoms with Crippen molar-refractivity contribution in [3.05, 3.63) is 59.2 Å². The summed E-state index contributed by atoms with van der Waals surface area (Å²) in [5.41, 5.74) is 1.73. The molecule has 1 aromatic rings. The molecule has 0 spiro atoms. The van der Waals surface area contributed by atoms with Crippen molar-refractivity contribution in [2.45, 2.75) is 137 Å². The number of cyclic esters (lactones) is 2. The Morgan fingerprint density at radius 2 is 1.56 bits per heavy atom. The van der Waals surface area contributed by atoms with Crippen LogP contribution in [0.1, 0.15) is 94.1 Å². The fraction of sp³-hybridized carbons (Fsp3) is 0.638. The summed E-state index contributed by atoms with van der Waals surface area (Å²) in [6.45, 7) is 17.2.